The second kappa shape index (κ2) is 19.1. The molecule has 0 aliphatic rings. The molecule has 0 rings (SSSR count). The van der Waals surface area contributed by atoms with Crippen molar-refractivity contribution in [3.63, 3.8) is 0 Å². The standard InChI is InChI=1S/C28H58O4S/c1-6-11-16-17-18-19-20-21-24-27(22-12-7-2,23-13-8-3)28(25-14-9-4,26-15-10-5)32-33(29,30)31/h6-26H2,1-5H3,(H,29,30,31). The predicted molar refractivity (Wildman–Crippen MR) is 143 cm³/mol. The van der Waals surface area contributed by atoms with Crippen molar-refractivity contribution in [1.82, 2.24) is 0 Å². The number of hydrogen-bond donors (Lipinski definition) is 1. The van der Waals surface area contributed by atoms with E-state index in [1.807, 2.05) is 0 Å². The highest BCUT2D eigenvalue weighted by Gasteiger charge is 2.52. The van der Waals surface area contributed by atoms with E-state index in [1.165, 1.54) is 44.9 Å². The Labute approximate surface area is 208 Å². The summed E-state index contributed by atoms with van der Waals surface area (Å²) in [5, 5.41) is 0. The van der Waals surface area contributed by atoms with Gasteiger partial charge >= 0.3 is 10.4 Å². The molecule has 0 unspecified atom stereocenters. The third kappa shape index (κ3) is 13.5. The molecule has 0 radical (unpaired) electrons. The van der Waals surface area contributed by atoms with Crippen LogP contribution in [0.1, 0.15) is 169 Å². The SMILES string of the molecule is CCCCCCCCCCC(CCCC)(CCCC)C(CCCC)(CCCC)OS(=O)(=O)O. The van der Waals surface area contributed by atoms with E-state index >= 15 is 0 Å². The Hall–Kier alpha value is -0.130. The number of unbranched alkanes of at least 4 members (excludes halogenated alkanes) is 11. The maximum absolute atomic E-state index is 12.2. The summed E-state index contributed by atoms with van der Waals surface area (Å²) in [6, 6.07) is 0. The highest BCUT2D eigenvalue weighted by Crippen LogP contribution is 2.53. The van der Waals surface area contributed by atoms with Gasteiger partial charge in [0.15, 0.2) is 0 Å². The molecule has 0 atom stereocenters. The van der Waals surface area contributed by atoms with Crippen LogP contribution in [-0.2, 0) is 14.6 Å². The van der Waals surface area contributed by atoms with Gasteiger partial charge in [-0.15, -0.1) is 0 Å². The van der Waals surface area contributed by atoms with Crippen LogP contribution in [0.4, 0.5) is 0 Å². The van der Waals surface area contributed by atoms with E-state index in [4.69, 9.17) is 4.18 Å². The normalized spacial score (nSPS) is 13.0. The zero-order valence-electron chi connectivity index (χ0n) is 22.9. The minimum Gasteiger partial charge on any atom is -0.264 e. The first-order valence-corrected chi connectivity index (χ1v) is 15.8. The summed E-state index contributed by atoms with van der Waals surface area (Å²) in [6.45, 7) is 11.0. The molecule has 0 aromatic heterocycles. The van der Waals surface area contributed by atoms with Gasteiger partial charge in [-0.25, -0.2) is 4.18 Å². The lowest BCUT2D eigenvalue weighted by atomic mass is 9.60. The first kappa shape index (κ1) is 32.9. The van der Waals surface area contributed by atoms with Crippen LogP contribution < -0.4 is 0 Å². The first-order valence-electron chi connectivity index (χ1n) is 14.4. The lowest BCUT2D eigenvalue weighted by molar-refractivity contribution is -0.0974. The molecule has 1 N–H and O–H groups in total. The molecule has 0 aromatic carbocycles. The van der Waals surface area contributed by atoms with Gasteiger partial charge in [0.25, 0.3) is 0 Å². The molecule has 200 valence electrons. The number of rotatable bonds is 24. The molecule has 0 aliphatic heterocycles. The molecule has 0 saturated heterocycles. The predicted octanol–water partition coefficient (Wildman–Crippen LogP) is 9.82. The molecule has 33 heavy (non-hydrogen) atoms. The highest BCUT2D eigenvalue weighted by atomic mass is 32.3. The summed E-state index contributed by atoms with van der Waals surface area (Å²) in [6.07, 6.45) is 22.8. The largest absolute Gasteiger partial charge is 0.397 e. The second-order valence-corrected chi connectivity index (χ2v) is 11.4. The molecule has 0 fully saturated rings. The minimum absolute atomic E-state index is 0.193. The van der Waals surface area contributed by atoms with Crippen molar-refractivity contribution in [2.45, 2.75) is 175 Å². The maximum Gasteiger partial charge on any atom is 0.397 e. The lowest BCUT2D eigenvalue weighted by Crippen LogP contribution is -2.52. The molecule has 4 nitrogen and oxygen atoms in total. The van der Waals surface area contributed by atoms with Crippen LogP contribution >= 0.6 is 0 Å². The summed E-state index contributed by atoms with van der Waals surface area (Å²) >= 11 is 0. The summed E-state index contributed by atoms with van der Waals surface area (Å²) in [4.78, 5) is 0. The van der Waals surface area contributed by atoms with Gasteiger partial charge in [-0.2, -0.15) is 8.42 Å². The van der Waals surface area contributed by atoms with Crippen molar-refractivity contribution >= 4 is 10.4 Å². The zero-order chi connectivity index (χ0) is 25.1. The van der Waals surface area contributed by atoms with Gasteiger partial charge in [0, 0.05) is 5.41 Å². The van der Waals surface area contributed by atoms with E-state index in [2.05, 4.69) is 34.6 Å². The molecule has 0 spiro atoms. The van der Waals surface area contributed by atoms with Crippen LogP contribution in [0, 0.1) is 5.41 Å². The van der Waals surface area contributed by atoms with Crippen LogP contribution in [0.15, 0.2) is 0 Å². The van der Waals surface area contributed by atoms with E-state index in [1.54, 1.807) is 0 Å². The van der Waals surface area contributed by atoms with Crippen LogP contribution in [0.2, 0.25) is 0 Å². The Kier molecular flexibility index (Phi) is 19.0. The average molecular weight is 491 g/mol. The molecule has 0 bridgehead atoms. The fourth-order valence-electron chi connectivity index (χ4n) is 5.64. The van der Waals surface area contributed by atoms with E-state index in [0.29, 0.717) is 12.8 Å². The molecule has 0 aromatic rings. The summed E-state index contributed by atoms with van der Waals surface area (Å²) < 4.78 is 40.2. The average Bonchev–Trinajstić information content (AvgIpc) is 2.78. The quantitative estimate of drug-likeness (QED) is 0.108. The van der Waals surface area contributed by atoms with Crippen molar-refractivity contribution in [2.24, 2.45) is 5.41 Å². The number of hydrogen-bond acceptors (Lipinski definition) is 3. The maximum atomic E-state index is 12.2. The topological polar surface area (TPSA) is 63.6 Å². The van der Waals surface area contributed by atoms with Crippen molar-refractivity contribution in [3.8, 4) is 0 Å². The van der Waals surface area contributed by atoms with E-state index in [9.17, 15) is 13.0 Å². The van der Waals surface area contributed by atoms with Gasteiger partial charge in [-0.05, 0) is 32.1 Å². The third-order valence-electron chi connectivity index (χ3n) is 7.63. The van der Waals surface area contributed by atoms with E-state index < -0.39 is 16.0 Å². The second-order valence-electron chi connectivity index (χ2n) is 10.4. The van der Waals surface area contributed by atoms with Gasteiger partial charge in [0.2, 0.25) is 0 Å². The van der Waals surface area contributed by atoms with Gasteiger partial charge in [-0.3, -0.25) is 4.55 Å². The van der Waals surface area contributed by atoms with Crippen molar-refractivity contribution in [1.29, 1.82) is 0 Å². The molecule has 0 aliphatic carbocycles. The molecular weight excluding hydrogens is 432 g/mol. The van der Waals surface area contributed by atoms with Gasteiger partial charge in [0.1, 0.15) is 0 Å². The Balaban J connectivity index is 5.88. The monoisotopic (exact) mass is 490 g/mol. The van der Waals surface area contributed by atoms with Crippen molar-refractivity contribution < 1.29 is 17.2 Å². The van der Waals surface area contributed by atoms with Crippen molar-refractivity contribution in [3.05, 3.63) is 0 Å². The minimum atomic E-state index is -4.52. The van der Waals surface area contributed by atoms with Gasteiger partial charge < -0.3 is 0 Å². The summed E-state index contributed by atoms with van der Waals surface area (Å²) in [5.74, 6) is 0. The fraction of sp³-hybridized carbons (Fsp3) is 1.00. The summed E-state index contributed by atoms with van der Waals surface area (Å²) in [5.41, 5.74) is -0.987. The summed E-state index contributed by atoms with van der Waals surface area (Å²) in [7, 11) is -4.52. The molecule has 0 heterocycles. The van der Waals surface area contributed by atoms with Crippen LogP contribution in [0.3, 0.4) is 0 Å². The Morgan fingerprint density at radius 3 is 1.24 bits per heavy atom. The Morgan fingerprint density at radius 2 is 0.848 bits per heavy atom. The van der Waals surface area contributed by atoms with Gasteiger partial charge in [0.05, 0.1) is 5.60 Å². The third-order valence-corrected chi connectivity index (χ3v) is 8.16. The van der Waals surface area contributed by atoms with Crippen LogP contribution in [-0.4, -0.2) is 18.6 Å². The first-order chi connectivity index (χ1) is 15.8. The van der Waals surface area contributed by atoms with Gasteiger partial charge in [-0.1, -0.05) is 137 Å². The Bertz CT molecular complexity index is 528. The van der Waals surface area contributed by atoms with E-state index in [0.717, 1.165) is 77.0 Å². The molecule has 0 amide bonds. The highest BCUT2D eigenvalue weighted by molar-refractivity contribution is 7.80. The molecule has 5 heteroatoms. The van der Waals surface area contributed by atoms with Crippen LogP contribution in [0.5, 0.6) is 0 Å². The van der Waals surface area contributed by atoms with Crippen LogP contribution in [0.25, 0.3) is 0 Å². The Morgan fingerprint density at radius 1 is 0.515 bits per heavy atom. The molecule has 0 saturated carbocycles. The molecular formula is C28H58O4S. The van der Waals surface area contributed by atoms with Crippen molar-refractivity contribution in [2.75, 3.05) is 0 Å². The lowest BCUT2D eigenvalue weighted by Gasteiger charge is -2.51. The zero-order valence-corrected chi connectivity index (χ0v) is 23.7. The smallest absolute Gasteiger partial charge is 0.264 e. The fourth-order valence-corrected chi connectivity index (χ4v) is 6.39. The van der Waals surface area contributed by atoms with E-state index in [-0.39, 0.29) is 5.41 Å².